The molecule has 0 heterocycles. The molecular weight excluding hydrogens is 511 g/mol. The molecule has 37 heavy (non-hydrogen) atoms. The van der Waals surface area contributed by atoms with Crippen molar-refractivity contribution in [3.8, 4) is 28.0 Å². The zero-order valence-corrected chi connectivity index (χ0v) is 18.4. The Morgan fingerprint density at radius 3 is 1.62 bits per heavy atom. The van der Waals surface area contributed by atoms with E-state index in [2.05, 4.69) is 4.74 Å². The molecule has 0 unspecified atom stereocenters. The van der Waals surface area contributed by atoms with Crippen LogP contribution in [0.5, 0.6) is 5.75 Å². The molecule has 0 saturated carbocycles. The van der Waals surface area contributed by atoms with E-state index in [4.69, 9.17) is 0 Å². The topological polar surface area (TPSA) is 9.23 Å². The van der Waals surface area contributed by atoms with Crippen LogP contribution in [-0.4, -0.2) is 7.11 Å². The summed E-state index contributed by atoms with van der Waals surface area (Å²) in [5, 5.41) is -2.23. The van der Waals surface area contributed by atoms with Gasteiger partial charge in [0.05, 0.1) is 12.7 Å². The Bertz CT molecular complexity index is 1730. The number of hydrogen-bond donors (Lipinski definition) is 0. The maximum Gasteiger partial charge on any atom is 0.204 e. The molecular formula is C27H11F9O. The van der Waals surface area contributed by atoms with Gasteiger partial charge in [0.25, 0.3) is 0 Å². The van der Waals surface area contributed by atoms with Gasteiger partial charge in [0.2, 0.25) is 11.6 Å². The highest BCUT2D eigenvalue weighted by molar-refractivity contribution is 6.21. The van der Waals surface area contributed by atoms with Gasteiger partial charge in [-0.2, -0.15) is 8.78 Å². The fraction of sp³-hybridized carbons (Fsp3) is 0.0370. The van der Waals surface area contributed by atoms with Gasteiger partial charge < -0.3 is 4.74 Å². The van der Waals surface area contributed by atoms with Crippen molar-refractivity contribution < 1.29 is 44.3 Å². The quantitative estimate of drug-likeness (QED) is 0.131. The van der Waals surface area contributed by atoms with Gasteiger partial charge in [-0.15, -0.1) is 0 Å². The average molecular weight is 522 g/mol. The summed E-state index contributed by atoms with van der Waals surface area (Å²) in [5.41, 5.74) is -2.81. The van der Waals surface area contributed by atoms with Crippen LogP contribution in [0.15, 0.2) is 48.5 Å². The van der Waals surface area contributed by atoms with Crippen LogP contribution in [0.4, 0.5) is 39.5 Å². The Hall–Kier alpha value is -4.21. The molecule has 0 N–H and O–H groups in total. The van der Waals surface area contributed by atoms with Gasteiger partial charge in [0.15, 0.2) is 29.0 Å². The minimum Gasteiger partial charge on any atom is -0.491 e. The third kappa shape index (κ3) is 3.58. The third-order valence-electron chi connectivity index (χ3n) is 6.01. The Balaban J connectivity index is 2.11. The van der Waals surface area contributed by atoms with Crippen LogP contribution in [0, 0.1) is 52.4 Å². The van der Waals surface area contributed by atoms with Crippen LogP contribution in [0.1, 0.15) is 0 Å². The van der Waals surface area contributed by atoms with Gasteiger partial charge in [0, 0.05) is 21.9 Å². The summed E-state index contributed by atoms with van der Waals surface area (Å²) in [4.78, 5) is 0. The van der Waals surface area contributed by atoms with Crippen molar-refractivity contribution in [1.29, 1.82) is 0 Å². The van der Waals surface area contributed by atoms with Gasteiger partial charge in [-0.25, -0.2) is 30.7 Å². The summed E-state index contributed by atoms with van der Waals surface area (Å²) in [7, 11) is 0.756. The minimum absolute atomic E-state index is 0.190. The predicted octanol–water partition coefficient (Wildman–Crippen LogP) is 8.59. The second kappa shape index (κ2) is 8.72. The normalized spacial score (nSPS) is 11.5. The van der Waals surface area contributed by atoms with Crippen molar-refractivity contribution >= 4 is 21.5 Å². The Morgan fingerprint density at radius 2 is 1.05 bits per heavy atom. The number of halogens is 9. The first-order valence-electron chi connectivity index (χ1n) is 10.4. The van der Waals surface area contributed by atoms with Crippen molar-refractivity contribution in [2.45, 2.75) is 0 Å². The minimum atomic E-state index is -2.01. The Kier molecular flexibility index (Phi) is 5.77. The number of methoxy groups -OCH3 is 1. The number of benzene rings is 5. The van der Waals surface area contributed by atoms with Crippen molar-refractivity contribution in [2.24, 2.45) is 0 Å². The lowest BCUT2D eigenvalue weighted by molar-refractivity contribution is 0.334. The molecule has 0 spiro atoms. The standard InChI is InChI=1S/C27H11F9O/c1-37-27-25(35)23(33)22(24(34)26(27)36)19-13-9-11(28)3-4-12(13)18(10-2-5-14(29)17(32)8-10)20-15(30)6-7-16(31)21(19)20/h2-9H,1H3. The van der Waals surface area contributed by atoms with Crippen LogP contribution in [-0.2, 0) is 0 Å². The Morgan fingerprint density at radius 1 is 0.486 bits per heavy atom. The molecule has 0 fully saturated rings. The number of ether oxygens (including phenoxy) is 1. The number of rotatable bonds is 3. The fourth-order valence-electron chi connectivity index (χ4n) is 4.47. The summed E-state index contributed by atoms with van der Waals surface area (Å²) in [5.74, 6) is -15.4. The zero-order chi connectivity index (χ0) is 26.8. The third-order valence-corrected chi connectivity index (χ3v) is 6.01. The molecule has 0 aromatic heterocycles. The van der Waals surface area contributed by atoms with E-state index in [0.717, 1.165) is 25.3 Å². The van der Waals surface area contributed by atoms with Crippen LogP contribution in [0.25, 0.3) is 43.8 Å². The van der Waals surface area contributed by atoms with Crippen LogP contribution in [0.3, 0.4) is 0 Å². The number of fused-ring (bicyclic) bond motifs is 2. The lowest BCUT2D eigenvalue weighted by Crippen LogP contribution is -2.05. The molecule has 10 heteroatoms. The van der Waals surface area contributed by atoms with Gasteiger partial charge in [-0.3, -0.25) is 0 Å². The van der Waals surface area contributed by atoms with E-state index in [0.29, 0.717) is 30.3 Å². The molecule has 5 rings (SSSR count). The first-order valence-corrected chi connectivity index (χ1v) is 10.4. The molecule has 0 saturated heterocycles. The van der Waals surface area contributed by atoms with Gasteiger partial charge in [-0.1, -0.05) is 12.1 Å². The van der Waals surface area contributed by atoms with E-state index < -0.39 is 85.4 Å². The Labute approximate surface area is 202 Å². The molecule has 5 aromatic rings. The van der Waals surface area contributed by atoms with Crippen LogP contribution < -0.4 is 4.74 Å². The van der Waals surface area contributed by atoms with E-state index in [1.807, 2.05) is 0 Å². The maximum atomic E-state index is 15.3. The van der Waals surface area contributed by atoms with Gasteiger partial charge in [0.1, 0.15) is 17.5 Å². The summed E-state index contributed by atoms with van der Waals surface area (Å²) in [6.07, 6.45) is 0. The SMILES string of the molecule is COc1c(F)c(F)c(-c2c3cc(F)ccc3c(-c3ccc(F)c(F)c3)c3c(F)ccc(F)c23)c(F)c1F. The van der Waals surface area contributed by atoms with Gasteiger partial charge >= 0.3 is 0 Å². The van der Waals surface area contributed by atoms with E-state index in [1.54, 1.807) is 0 Å². The van der Waals surface area contributed by atoms with E-state index in [9.17, 15) is 22.0 Å². The van der Waals surface area contributed by atoms with Crippen LogP contribution in [0.2, 0.25) is 0 Å². The summed E-state index contributed by atoms with van der Waals surface area (Å²) in [6, 6.07) is 6.27. The van der Waals surface area contributed by atoms with E-state index in [1.165, 1.54) is 0 Å². The first-order chi connectivity index (χ1) is 17.6. The molecule has 0 radical (unpaired) electrons. The van der Waals surface area contributed by atoms with E-state index >= 15 is 17.6 Å². The first kappa shape index (κ1) is 24.5. The summed E-state index contributed by atoms with van der Waals surface area (Å²) in [6.45, 7) is 0. The smallest absolute Gasteiger partial charge is 0.204 e. The summed E-state index contributed by atoms with van der Waals surface area (Å²) < 4.78 is 137. The molecule has 0 bridgehead atoms. The zero-order valence-electron chi connectivity index (χ0n) is 18.4. The molecule has 188 valence electrons. The maximum absolute atomic E-state index is 15.3. The molecule has 0 aliphatic rings. The fourth-order valence-corrected chi connectivity index (χ4v) is 4.47. The highest BCUT2D eigenvalue weighted by Gasteiger charge is 2.31. The number of hydrogen-bond acceptors (Lipinski definition) is 1. The molecule has 0 atom stereocenters. The summed E-state index contributed by atoms with van der Waals surface area (Å²) >= 11 is 0. The van der Waals surface area contributed by atoms with Crippen molar-refractivity contribution in [3.05, 3.63) is 101 Å². The second-order valence-corrected chi connectivity index (χ2v) is 8.01. The van der Waals surface area contributed by atoms with Crippen molar-refractivity contribution in [1.82, 2.24) is 0 Å². The largest absolute Gasteiger partial charge is 0.491 e. The predicted molar refractivity (Wildman–Crippen MR) is 119 cm³/mol. The highest BCUT2D eigenvalue weighted by Crippen LogP contribution is 2.48. The highest BCUT2D eigenvalue weighted by atomic mass is 19.2. The van der Waals surface area contributed by atoms with Crippen molar-refractivity contribution in [2.75, 3.05) is 7.11 Å². The average Bonchev–Trinajstić information content (AvgIpc) is 2.87. The molecule has 0 amide bonds. The monoisotopic (exact) mass is 522 g/mol. The molecule has 0 aliphatic carbocycles. The van der Waals surface area contributed by atoms with Gasteiger partial charge in [-0.05, 0) is 52.7 Å². The van der Waals surface area contributed by atoms with Crippen molar-refractivity contribution in [3.63, 3.8) is 0 Å². The lowest BCUT2D eigenvalue weighted by atomic mass is 9.85. The molecule has 5 aromatic carbocycles. The van der Waals surface area contributed by atoms with E-state index in [-0.39, 0.29) is 16.5 Å². The second-order valence-electron chi connectivity index (χ2n) is 8.01. The lowest BCUT2D eigenvalue weighted by Gasteiger charge is -2.20. The van der Waals surface area contributed by atoms with Crippen LogP contribution >= 0.6 is 0 Å². The molecule has 0 aliphatic heterocycles. The molecule has 1 nitrogen and oxygen atoms in total.